The molecule has 126 valence electrons. The molecule has 0 fully saturated rings. The van der Waals surface area contributed by atoms with Crippen molar-refractivity contribution in [1.29, 1.82) is 0 Å². The van der Waals surface area contributed by atoms with Crippen molar-refractivity contribution in [3.05, 3.63) is 57.6 Å². The largest absolute Gasteiger partial charge is 0.497 e. The van der Waals surface area contributed by atoms with E-state index in [1.807, 2.05) is 0 Å². The number of ketones is 1. The molecule has 24 heavy (non-hydrogen) atoms. The normalized spacial score (nSPS) is 10.2. The highest BCUT2D eigenvalue weighted by atomic mass is 35.5. The van der Waals surface area contributed by atoms with E-state index in [1.54, 1.807) is 30.3 Å². The summed E-state index contributed by atoms with van der Waals surface area (Å²) in [5.41, 5.74) is 0.377. The van der Waals surface area contributed by atoms with E-state index in [-0.39, 0.29) is 21.2 Å². The fourth-order valence-corrected chi connectivity index (χ4v) is 2.35. The SMILES string of the molecule is COc1ccc(C(=O)COC(=O)c2cccc(Cl)c2Cl)c(OC)c1. The van der Waals surface area contributed by atoms with Gasteiger partial charge in [-0.15, -0.1) is 0 Å². The first kappa shape index (κ1) is 18.1. The van der Waals surface area contributed by atoms with Crippen LogP contribution >= 0.6 is 23.2 Å². The molecule has 0 spiro atoms. The Morgan fingerprint density at radius 3 is 2.42 bits per heavy atom. The molecule has 0 aliphatic rings. The Balaban J connectivity index is 2.10. The van der Waals surface area contributed by atoms with Crippen LogP contribution in [0.1, 0.15) is 20.7 Å². The Kier molecular flexibility index (Phi) is 6.06. The molecule has 0 unspecified atom stereocenters. The summed E-state index contributed by atoms with van der Waals surface area (Å²) in [7, 11) is 2.94. The molecule has 0 saturated heterocycles. The maximum absolute atomic E-state index is 12.3. The summed E-state index contributed by atoms with van der Waals surface area (Å²) in [4.78, 5) is 24.3. The zero-order chi connectivity index (χ0) is 17.7. The predicted octanol–water partition coefficient (Wildman–Crippen LogP) is 4.05. The van der Waals surface area contributed by atoms with Gasteiger partial charge in [0.2, 0.25) is 5.78 Å². The molecule has 0 amide bonds. The molecule has 0 bridgehead atoms. The van der Waals surface area contributed by atoms with E-state index in [0.717, 1.165) is 0 Å². The summed E-state index contributed by atoms with van der Waals surface area (Å²) in [6, 6.07) is 9.32. The maximum Gasteiger partial charge on any atom is 0.340 e. The maximum atomic E-state index is 12.3. The third kappa shape index (κ3) is 3.99. The Morgan fingerprint density at radius 2 is 1.75 bits per heavy atom. The third-order valence-electron chi connectivity index (χ3n) is 3.21. The van der Waals surface area contributed by atoms with Gasteiger partial charge in [0, 0.05) is 6.07 Å². The molecule has 2 aromatic carbocycles. The van der Waals surface area contributed by atoms with Gasteiger partial charge in [-0.3, -0.25) is 4.79 Å². The van der Waals surface area contributed by atoms with E-state index >= 15 is 0 Å². The van der Waals surface area contributed by atoms with Crippen molar-refractivity contribution in [3.8, 4) is 11.5 Å². The number of hydrogen-bond acceptors (Lipinski definition) is 5. The van der Waals surface area contributed by atoms with Crippen LogP contribution in [-0.4, -0.2) is 32.6 Å². The molecule has 7 heteroatoms. The highest BCUT2D eigenvalue weighted by Crippen LogP contribution is 2.27. The molecule has 0 saturated carbocycles. The Bertz CT molecular complexity index is 774. The molecule has 0 aliphatic carbocycles. The summed E-state index contributed by atoms with van der Waals surface area (Å²) in [5, 5.41) is 0.313. The van der Waals surface area contributed by atoms with Crippen LogP contribution in [0.2, 0.25) is 10.0 Å². The molecular formula is C17H14Cl2O5. The van der Waals surface area contributed by atoms with Gasteiger partial charge in [-0.25, -0.2) is 4.79 Å². The number of Topliss-reactive ketones (excluding diaryl/α,β-unsaturated/α-hetero) is 1. The van der Waals surface area contributed by atoms with Gasteiger partial charge in [0.05, 0.1) is 35.4 Å². The van der Waals surface area contributed by atoms with Gasteiger partial charge in [-0.05, 0) is 24.3 Å². The second-order valence-electron chi connectivity index (χ2n) is 4.67. The van der Waals surface area contributed by atoms with Gasteiger partial charge < -0.3 is 14.2 Å². The van der Waals surface area contributed by atoms with Crippen molar-refractivity contribution in [2.45, 2.75) is 0 Å². The van der Waals surface area contributed by atoms with Crippen LogP contribution < -0.4 is 9.47 Å². The quantitative estimate of drug-likeness (QED) is 0.568. The Labute approximate surface area is 149 Å². The molecule has 5 nitrogen and oxygen atoms in total. The van der Waals surface area contributed by atoms with Crippen molar-refractivity contribution >= 4 is 35.0 Å². The van der Waals surface area contributed by atoms with E-state index in [9.17, 15) is 9.59 Å². The van der Waals surface area contributed by atoms with Crippen molar-refractivity contribution in [2.75, 3.05) is 20.8 Å². The first-order valence-corrected chi connectivity index (χ1v) is 7.60. The van der Waals surface area contributed by atoms with Crippen LogP contribution in [-0.2, 0) is 4.74 Å². The van der Waals surface area contributed by atoms with Gasteiger partial charge in [0.15, 0.2) is 6.61 Å². The molecule has 2 aromatic rings. The van der Waals surface area contributed by atoms with Gasteiger partial charge >= 0.3 is 5.97 Å². The first-order chi connectivity index (χ1) is 11.5. The van der Waals surface area contributed by atoms with E-state index in [1.165, 1.54) is 20.3 Å². The monoisotopic (exact) mass is 368 g/mol. The van der Waals surface area contributed by atoms with Crippen molar-refractivity contribution < 1.29 is 23.8 Å². The molecule has 0 N–H and O–H groups in total. The van der Waals surface area contributed by atoms with Gasteiger partial charge in [-0.1, -0.05) is 29.3 Å². The lowest BCUT2D eigenvalue weighted by Gasteiger charge is -2.10. The van der Waals surface area contributed by atoms with Gasteiger partial charge in [0.1, 0.15) is 11.5 Å². The van der Waals surface area contributed by atoms with Crippen LogP contribution in [0.5, 0.6) is 11.5 Å². The first-order valence-electron chi connectivity index (χ1n) is 6.84. The van der Waals surface area contributed by atoms with Crippen molar-refractivity contribution in [1.82, 2.24) is 0 Å². The number of halogens is 2. The second-order valence-corrected chi connectivity index (χ2v) is 5.45. The van der Waals surface area contributed by atoms with E-state index in [4.69, 9.17) is 37.4 Å². The highest BCUT2D eigenvalue weighted by Gasteiger charge is 2.18. The number of methoxy groups -OCH3 is 2. The van der Waals surface area contributed by atoms with Crippen molar-refractivity contribution in [3.63, 3.8) is 0 Å². The standard InChI is InChI=1S/C17H14Cl2O5/c1-22-10-6-7-11(15(8-10)23-2)14(20)9-24-17(21)12-4-3-5-13(18)16(12)19/h3-8H,9H2,1-2H3. The van der Waals surface area contributed by atoms with Gasteiger partial charge in [-0.2, -0.15) is 0 Å². The lowest BCUT2D eigenvalue weighted by atomic mass is 10.1. The zero-order valence-corrected chi connectivity index (χ0v) is 14.5. The fraction of sp³-hybridized carbons (Fsp3) is 0.176. The number of carbonyl (C=O) groups is 2. The second kappa shape index (κ2) is 8.04. The minimum absolute atomic E-state index is 0.0821. The van der Waals surface area contributed by atoms with E-state index in [0.29, 0.717) is 11.5 Å². The number of rotatable bonds is 6. The average Bonchev–Trinajstić information content (AvgIpc) is 2.61. The molecule has 0 radical (unpaired) electrons. The van der Waals surface area contributed by atoms with Crippen LogP contribution in [0.4, 0.5) is 0 Å². The number of carbonyl (C=O) groups excluding carboxylic acids is 2. The number of ether oxygens (including phenoxy) is 3. The molecule has 0 aliphatic heterocycles. The smallest absolute Gasteiger partial charge is 0.340 e. The topological polar surface area (TPSA) is 61.8 Å². The molecule has 0 heterocycles. The zero-order valence-electron chi connectivity index (χ0n) is 13.0. The summed E-state index contributed by atoms with van der Waals surface area (Å²) in [6.45, 7) is -0.454. The van der Waals surface area contributed by atoms with Crippen LogP contribution in [0.25, 0.3) is 0 Å². The average molecular weight is 369 g/mol. The Morgan fingerprint density at radius 1 is 1.00 bits per heavy atom. The summed E-state index contributed by atoms with van der Waals surface area (Å²) in [6.07, 6.45) is 0. The molecule has 2 rings (SSSR count). The number of benzene rings is 2. The highest BCUT2D eigenvalue weighted by molar-refractivity contribution is 6.43. The van der Waals surface area contributed by atoms with E-state index < -0.39 is 18.4 Å². The molecule has 0 atom stereocenters. The third-order valence-corrected chi connectivity index (χ3v) is 4.03. The van der Waals surface area contributed by atoms with Crippen LogP contribution in [0.3, 0.4) is 0 Å². The van der Waals surface area contributed by atoms with E-state index in [2.05, 4.69) is 0 Å². The molecular weight excluding hydrogens is 355 g/mol. The van der Waals surface area contributed by atoms with Crippen LogP contribution in [0, 0.1) is 0 Å². The Hall–Kier alpha value is -2.24. The van der Waals surface area contributed by atoms with Gasteiger partial charge in [0.25, 0.3) is 0 Å². The fourth-order valence-electron chi connectivity index (χ4n) is 1.98. The summed E-state index contributed by atoms with van der Waals surface area (Å²) in [5.74, 6) is -0.272. The minimum Gasteiger partial charge on any atom is -0.497 e. The predicted molar refractivity (Wildman–Crippen MR) is 90.6 cm³/mol. The lowest BCUT2D eigenvalue weighted by Crippen LogP contribution is -2.15. The summed E-state index contributed by atoms with van der Waals surface area (Å²) >= 11 is 11.8. The van der Waals surface area contributed by atoms with Crippen molar-refractivity contribution in [2.24, 2.45) is 0 Å². The number of esters is 1. The number of hydrogen-bond donors (Lipinski definition) is 0. The molecule has 0 aromatic heterocycles. The minimum atomic E-state index is -0.733. The summed E-state index contributed by atoms with van der Waals surface area (Å²) < 4.78 is 15.2. The lowest BCUT2D eigenvalue weighted by molar-refractivity contribution is 0.0474. The van der Waals surface area contributed by atoms with Crippen LogP contribution in [0.15, 0.2) is 36.4 Å².